The van der Waals surface area contributed by atoms with Gasteiger partial charge in [-0.1, -0.05) is 164 Å². The second-order valence-electron chi connectivity index (χ2n) is 17.7. The molecule has 1 aliphatic rings. The molecular formula is C64H44N4. The Kier molecular flexibility index (Phi) is 9.61. The van der Waals surface area contributed by atoms with Crippen molar-refractivity contribution in [2.45, 2.75) is 12.3 Å². The van der Waals surface area contributed by atoms with Crippen molar-refractivity contribution in [3.05, 3.63) is 266 Å². The molecule has 1 atom stereocenters. The van der Waals surface area contributed by atoms with Crippen LogP contribution < -0.4 is 0 Å². The third-order valence-corrected chi connectivity index (χ3v) is 13.8. The van der Waals surface area contributed by atoms with Crippen molar-refractivity contribution >= 4 is 54.8 Å². The second kappa shape index (κ2) is 16.5. The summed E-state index contributed by atoms with van der Waals surface area (Å²) in [5, 5.41) is 4.95. The Labute approximate surface area is 395 Å². The van der Waals surface area contributed by atoms with E-state index in [0.717, 1.165) is 40.1 Å². The van der Waals surface area contributed by atoms with Crippen LogP contribution in [-0.2, 0) is 0 Å². The zero-order valence-electron chi connectivity index (χ0n) is 37.2. The van der Waals surface area contributed by atoms with Gasteiger partial charge in [-0.15, -0.1) is 0 Å². The van der Waals surface area contributed by atoms with Crippen LogP contribution in [0.3, 0.4) is 0 Å². The molecule has 0 bridgehead atoms. The number of fused-ring (bicyclic) bond motifs is 6. The van der Waals surface area contributed by atoms with Gasteiger partial charge < -0.3 is 9.13 Å². The van der Waals surface area contributed by atoms with Gasteiger partial charge in [-0.25, -0.2) is 9.97 Å². The van der Waals surface area contributed by atoms with Gasteiger partial charge in [0.15, 0.2) is 5.82 Å². The topological polar surface area (TPSA) is 35.6 Å². The standard InChI is InChI=1S/C64H44N4/c1-4-15-43(16-5-1)53-34-29-47(40-57(53)44-17-6-2-7-18-44)46-19-14-20-50(39-46)59-37-38-65-64(66-59)45-27-32-52(33-28-45)67-61-26-13-11-24-55(61)58-41-48(31-36-62(58)67)49-30-35-56-54-23-10-12-25-60(54)68(63(56)42-49)51-21-8-3-9-22-51/h1-39,41-42,47H,40H2/t47-/m0/s1. The van der Waals surface area contributed by atoms with E-state index in [-0.39, 0.29) is 5.92 Å². The van der Waals surface area contributed by atoms with Gasteiger partial charge >= 0.3 is 0 Å². The summed E-state index contributed by atoms with van der Waals surface area (Å²) in [6.07, 6.45) is 7.48. The number of hydrogen-bond donors (Lipinski definition) is 0. The van der Waals surface area contributed by atoms with Crippen molar-refractivity contribution in [1.82, 2.24) is 19.1 Å². The average Bonchev–Trinajstić information content (AvgIpc) is 3.94. The molecule has 0 aliphatic heterocycles. The summed E-state index contributed by atoms with van der Waals surface area (Å²) in [5.74, 6) is 0.941. The molecule has 3 aromatic heterocycles. The smallest absolute Gasteiger partial charge is 0.159 e. The molecule has 0 spiro atoms. The number of hydrogen-bond acceptors (Lipinski definition) is 2. The molecule has 13 rings (SSSR count). The first-order chi connectivity index (χ1) is 33.7. The molecule has 0 saturated carbocycles. The molecule has 0 N–H and O–H groups in total. The first-order valence-corrected chi connectivity index (χ1v) is 23.4. The fourth-order valence-electron chi connectivity index (χ4n) is 10.5. The first-order valence-electron chi connectivity index (χ1n) is 23.4. The van der Waals surface area contributed by atoms with Gasteiger partial charge in [0.2, 0.25) is 0 Å². The lowest BCUT2D eigenvalue weighted by Crippen LogP contribution is -2.04. The lowest BCUT2D eigenvalue weighted by Gasteiger charge is -2.24. The summed E-state index contributed by atoms with van der Waals surface area (Å²) in [6.45, 7) is 0. The maximum atomic E-state index is 5.15. The Morgan fingerprint density at radius 3 is 1.72 bits per heavy atom. The second-order valence-corrected chi connectivity index (χ2v) is 17.7. The number of benzene rings is 9. The quantitative estimate of drug-likeness (QED) is 0.153. The van der Waals surface area contributed by atoms with Crippen LogP contribution in [0.15, 0.2) is 249 Å². The Morgan fingerprint density at radius 2 is 0.956 bits per heavy atom. The molecule has 4 heteroatoms. The molecule has 68 heavy (non-hydrogen) atoms. The number of para-hydroxylation sites is 3. The maximum absolute atomic E-state index is 5.15. The lowest BCUT2D eigenvalue weighted by atomic mass is 9.80. The molecule has 320 valence electrons. The fourth-order valence-corrected chi connectivity index (χ4v) is 10.5. The Hall–Kier alpha value is -8.86. The summed E-state index contributed by atoms with van der Waals surface area (Å²) >= 11 is 0. The van der Waals surface area contributed by atoms with Crippen molar-refractivity contribution in [3.63, 3.8) is 0 Å². The highest BCUT2D eigenvalue weighted by atomic mass is 15.0. The highest BCUT2D eigenvalue weighted by Gasteiger charge is 2.22. The van der Waals surface area contributed by atoms with Gasteiger partial charge in [0.25, 0.3) is 0 Å². The SMILES string of the molecule is C1=C[C@H](c2cccc(-c3ccnc(-c4ccc(-n5c6ccccc6c6cc(-c7ccc8c9ccccc9n(-c9ccccc9)c8c7)ccc65)cc4)n3)c2)CC(c2ccccc2)=C1c1ccccc1. The molecule has 0 fully saturated rings. The van der Waals surface area contributed by atoms with E-state index in [1.165, 1.54) is 77.1 Å². The number of aromatic nitrogens is 4. The summed E-state index contributed by atoms with van der Waals surface area (Å²) in [5.41, 5.74) is 18.8. The normalized spacial score (nSPS) is 13.9. The number of nitrogens with zero attached hydrogens (tertiary/aromatic N) is 4. The van der Waals surface area contributed by atoms with Gasteiger partial charge in [-0.2, -0.15) is 0 Å². The predicted molar refractivity (Wildman–Crippen MR) is 283 cm³/mol. The largest absolute Gasteiger partial charge is 0.309 e. The van der Waals surface area contributed by atoms with E-state index in [4.69, 9.17) is 9.97 Å². The minimum Gasteiger partial charge on any atom is -0.309 e. The molecular weight excluding hydrogens is 825 g/mol. The molecule has 0 amide bonds. The van der Waals surface area contributed by atoms with Gasteiger partial charge in [-0.3, -0.25) is 0 Å². The monoisotopic (exact) mass is 868 g/mol. The summed E-state index contributed by atoms with van der Waals surface area (Å²) in [6, 6.07) is 83.0. The van der Waals surface area contributed by atoms with Gasteiger partial charge in [0, 0.05) is 56.2 Å². The molecule has 4 nitrogen and oxygen atoms in total. The fraction of sp³-hybridized carbons (Fsp3) is 0.0312. The van der Waals surface area contributed by atoms with Crippen LogP contribution >= 0.6 is 0 Å². The van der Waals surface area contributed by atoms with Crippen molar-refractivity contribution in [2.75, 3.05) is 0 Å². The summed E-state index contributed by atoms with van der Waals surface area (Å²) in [7, 11) is 0. The molecule has 0 radical (unpaired) electrons. The van der Waals surface area contributed by atoms with Crippen LogP contribution in [0.25, 0.3) is 99.9 Å². The highest BCUT2D eigenvalue weighted by molar-refractivity contribution is 6.12. The van der Waals surface area contributed by atoms with E-state index in [1.807, 2.05) is 12.3 Å². The predicted octanol–water partition coefficient (Wildman–Crippen LogP) is 16.3. The summed E-state index contributed by atoms with van der Waals surface area (Å²) < 4.78 is 4.76. The van der Waals surface area contributed by atoms with E-state index >= 15 is 0 Å². The molecule has 12 aromatic rings. The zero-order chi connectivity index (χ0) is 45.0. The zero-order valence-corrected chi connectivity index (χ0v) is 37.2. The third-order valence-electron chi connectivity index (χ3n) is 13.8. The van der Waals surface area contributed by atoms with Crippen LogP contribution in [0.4, 0.5) is 0 Å². The van der Waals surface area contributed by atoms with Gasteiger partial charge in [-0.05, 0) is 124 Å². The van der Waals surface area contributed by atoms with Crippen LogP contribution in [0.2, 0.25) is 0 Å². The Balaban J connectivity index is 0.811. The molecule has 0 saturated heterocycles. The van der Waals surface area contributed by atoms with Crippen LogP contribution in [-0.4, -0.2) is 19.1 Å². The van der Waals surface area contributed by atoms with E-state index in [0.29, 0.717) is 5.82 Å². The molecule has 0 unspecified atom stereocenters. The van der Waals surface area contributed by atoms with Gasteiger partial charge in [0.05, 0.1) is 27.8 Å². The van der Waals surface area contributed by atoms with E-state index in [9.17, 15) is 0 Å². The van der Waals surface area contributed by atoms with Crippen molar-refractivity contribution < 1.29 is 0 Å². The maximum Gasteiger partial charge on any atom is 0.159 e. The summed E-state index contributed by atoms with van der Waals surface area (Å²) in [4.78, 5) is 9.93. The van der Waals surface area contributed by atoms with Crippen LogP contribution in [0.1, 0.15) is 29.0 Å². The minimum absolute atomic E-state index is 0.238. The third kappa shape index (κ3) is 6.85. The molecule has 1 aliphatic carbocycles. The van der Waals surface area contributed by atoms with E-state index in [2.05, 4.69) is 246 Å². The van der Waals surface area contributed by atoms with Crippen molar-refractivity contribution in [1.29, 1.82) is 0 Å². The van der Waals surface area contributed by atoms with E-state index in [1.54, 1.807) is 0 Å². The van der Waals surface area contributed by atoms with Crippen molar-refractivity contribution in [3.8, 4) is 45.1 Å². The molecule has 3 heterocycles. The highest BCUT2D eigenvalue weighted by Crippen LogP contribution is 2.42. The van der Waals surface area contributed by atoms with Crippen molar-refractivity contribution in [2.24, 2.45) is 0 Å². The Bertz CT molecular complexity index is 3910. The molecule has 9 aromatic carbocycles. The first kappa shape index (κ1) is 39.5. The van der Waals surface area contributed by atoms with Gasteiger partial charge in [0.1, 0.15) is 0 Å². The number of allylic oxidation sites excluding steroid dienone is 4. The Morgan fingerprint density at radius 1 is 0.382 bits per heavy atom. The number of rotatable bonds is 8. The lowest BCUT2D eigenvalue weighted by molar-refractivity contribution is 0.870. The van der Waals surface area contributed by atoms with E-state index < -0.39 is 0 Å². The van der Waals surface area contributed by atoms with Crippen LogP contribution in [0, 0.1) is 0 Å². The average molecular weight is 869 g/mol. The van der Waals surface area contributed by atoms with Crippen LogP contribution in [0.5, 0.6) is 0 Å². The minimum atomic E-state index is 0.238.